The zero-order chi connectivity index (χ0) is 12.6. The normalized spacial score (nSPS) is 16.4. The second kappa shape index (κ2) is 4.07. The van der Waals surface area contributed by atoms with Crippen molar-refractivity contribution in [2.75, 3.05) is 0 Å². The summed E-state index contributed by atoms with van der Waals surface area (Å²) in [4.78, 5) is 21.8. The van der Waals surface area contributed by atoms with Crippen LogP contribution >= 0.6 is 11.6 Å². The second-order valence-electron chi connectivity index (χ2n) is 3.93. The Hall–Kier alpha value is -1.49. The van der Waals surface area contributed by atoms with Gasteiger partial charge in [-0.3, -0.25) is 9.59 Å². The first-order valence-electron chi connectivity index (χ1n) is 4.92. The first kappa shape index (κ1) is 12.0. The molecule has 2 rings (SSSR count). The van der Waals surface area contributed by atoms with E-state index in [-0.39, 0.29) is 5.56 Å². The first-order chi connectivity index (χ1) is 7.94. The van der Waals surface area contributed by atoms with E-state index in [0.29, 0.717) is 12.8 Å². The third-order valence-corrected chi connectivity index (χ3v) is 2.90. The average molecular weight is 260 g/mol. The number of amides is 1. The average Bonchev–Trinajstić information content (AvgIpc) is 2.98. The monoisotopic (exact) mass is 259 g/mol. The largest absolute Gasteiger partial charge is 0.339 e. The van der Waals surface area contributed by atoms with Crippen LogP contribution in [0.2, 0.25) is 0 Å². The van der Waals surface area contributed by atoms with Crippen LogP contribution in [-0.2, 0) is 15.1 Å². The van der Waals surface area contributed by atoms with Crippen molar-refractivity contribution in [1.29, 1.82) is 0 Å². The van der Waals surface area contributed by atoms with Gasteiger partial charge in [0, 0.05) is 11.6 Å². The van der Waals surface area contributed by atoms with E-state index in [2.05, 4.69) is 5.32 Å². The van der Waals surface area contributed by atoms with Crippen LogP contribution in [0.25, 0.3) is 0 Å². The third-order valence-electron chi connectivity index (χ3n) is 2.73. The highest BCUT2D eigenvalue weighted by molar-refractivity contribution is 6.80. The highest BCUT2D eigenvalue weighted by Gasteiger charge is 2.48. The predicted molar refractivity (Wildman–Crippen MR) is 56.3 cm³/mol. The fourth-order valence-electron chi connectivity index (χ4n) is 1.73. The summed E-state index contributed by atoms with van der Waals surface area (Å²) in [5.41, 5.74) is -0.746. The molecule has 0 atom stereocenters. The molecule has 0 heterocycles. The molecule has 1 aromatic rings. The lowest BCUT2D eigenvalue weighted by Gasteiger charge is -2.17. The summed E-state index contributed by atoms with van der Waals surface area (Å²) in [6.45, 7) is 0. The SMILES string of the molecule is O=C(Cl)C(=O)NC1(c2ccc(F)cc2F)CC1. The number of carbonyl (C=O) groups excluding carboxylic acids is 2. The Morgan fingerprint density at radius 3 is 2.41 bits per heavy atom. The van der Waals surface area contributed by atoms with Gasteiger partial charge in [0.2, 0.25) is 0 Å². The number of benzene rings is 1. The Labute approximate surface area is 101 Å². The van der Waals surface area contributed by atoms with Crippen LogP contribution in [0, 0.1) is 11.6 Å². The van der Waals surface area contributed by atoms with Crippen molar-refractivity contribution in [2.45, 2.75) is 18.4 Å². The molecule has 1 saturated carbocycles. The van der Waals surface area contributed by atoms with Gasteiger partial charge in [-0.05, 0) is 30.5 Å². The van der Waals surface area contributed by atoms with Gasteiger partial charge in [0.25, 0.3) is 0 Å². The van der Waals surface area contributed by atoms with Crippen molar-refractivity contribution in [1.82, 2.24) is 5.32 Å². The Bertz CT molecular complexity index is 500. The molecule has 90 valence electrons. The number of hydrogen-bond acceptors (Lipinski definition) is 2. The minimum atomic E-state index is -1.15. The first-order valence-corrected chi connectivity index (χ1v) is 5.30. The molecule has 0 radical (unpaired) electrons. The molecular formula is C11H8ClF2NO2. The van der Waals surface area contributed by atoms with E-state index in [1.54, 1.807) is 0 Å². The highest BCUT2D eigenvalue weighted by atomic mass is 35.5. The van der Waals surface area contributed by atoms with Crippen LogP contribution in [0.5, 0.6) is 0 Å². The van der Waals surface area contributed by atoms with E-state index in [9.17, 15) is 18.4 Å². The molecule has 3 nitrogen and oxygen atoms in total. The molecule has 0 unspecified atom stereocenters. The predicted octanol–water partition coefficient (Wildman–Crippen LogP) is 1.84. The summed E-state index contributed by atoms with van der Waals surface area (Å²) in [6.07, 6.45) is 0.983. The summed E-state index contributed by atoms with van der Waals surface area (Å²) >= 11 is 5.01. The lowest BCUT2D eigenvalue weighted by molar-refractivity contribution is -0.134. The van der Waals surface area contributed by atoms with E-state index in [1.165, 1.54) is 6.07 Å². The molecule has 1 fully saturated rings. The number of nitrogens with one attached hydrogen (secondary N) is 1. The van der Waals surface area contributed by atoms with Crippen molar-refractivity contribution >= 4 is 22.8 Å². The molecule has 0 bridgehead atoms. The molecule has 0 aromatic heterocycles. The Morgan fingerprint density at radius 2 is 1.94 bits per heavy atom. The molecule has 1 aromatic carbocycles. The van der Waals surface area contributed by atoms with Gasteiger partial charge in [0.15, 0.2) is 0 Å². The zero-order valence-electron chi connectivity index (χ0n) is 8.60. The molecule has 0 aliphatic heterocycles. The van der Waals surface area contributed by atoms with E-state index in [4.69, 9.17) is 11.6 Å². The number of hydrogen-bond donors (Lipinski definition) is 1. The third kappa shape index (κ3) is 2.29. The van der Waals surface area contributed by atoms with Crippen LogP contribution in [0.15, 0.2) is 18.2 Å². The standard InChI is InChI=1S/C11H8ClF2NO2/c12-9(16)10(17)15-11(3-4-11)7-2-1-6(13)5-8(7)14/h1-2,5H,3-4H2,(H,15,17). The molecule has 1 amide bonds. The van der Waals surface area contributed by atoms with Gasteiger partial charge in [-0.2, -0.15) is 0 Å². The number of carbonyl (C=O) groups is 2. The maximum Gasteiger partial charge on any atom is 0.309 e. The molecular weight excluding hydrogens is 252 g/mol. The van der Waals surface area contributed by atoms with E-state index in [0.717, 1.165) is 12.1 Å². The number of halogens is 3. The van der Waals surface area contributed by atoms with Crippen molar-refractivity contribution in [3.05, 3.63) is 35.4 Å². The lowest BCUT2D eigenvalue weighted by Crippen LogP contribution is -2.38. The quantitative estimate of drug-likeness (QED) is 0.665. The topological polar surface area (TPSA) is 46.2 Å². The molecule has 17 heavy (non-hydrogen) atoms. The molecule has 1 aliphatic carbocycles. The van der Waals surface area contributed by atoms with Gasteiger partial charge in [0.05, 0.1) is 5.54 Å². The van der Waals surface area contributed by atoms with Gasteiger partial charge in [-0.25, -0.2) is 8.78 Å². The van der Waals surface area contributed by atoms with Crippen LogP contribution in [-0.4, -0.2) is 11.1 Å². The number of rotatable bonds is 3. The molecule has 0 spiro atoms. The summed E-state index contributed by atoms with van der Waals surface area (Å²) in [7, 11) is 0. The van der Waals surface area contributed by atoms with Crippen molar-refractivity contribution in [3.8, 4) is 0 Å². The van der Waals surface area contributed by atoms with Crippen molar-refractivity contribution in [2.24, 2.45) is 0 Å². The highest BCUT2D eigenvalue weighted by Crippen LogP contribution is 2.46. The minimum absolute atomic E-state index is 0.171. The molecule has 6 heteroatoms. The van der Waals surface area contributed by atoms with E-state index >= 15 is 0 Å². The Balaban J connectivity index is 2.27. The summed E-state index contributed by atoms with van der Waals surface area (Å²) < 4.78 is 26.3. The fraction of sp³-hybridized carbons (Fsp3) is 0.273. The van der Waals surface area contributed by atoms with Crippen molar-refractivity contribution < 1.29 is 18.4 Å². The van der Waals surface area contributed by atoms with Crippen molar-refractivity contribution in [3.63, 3.8) is 0 Å². The lowest BCUT2D eigenvalue weighted by atomic mass is 10.0. The van der Waals surface area contributed by atoms with E-state index in [1.807, 2.05) is 0 Å². The molecule has 1 N–H and O–H groups in total. The second-order valence-corrected chi connectivity index (χ2v) is 4.28. The Morgan fingerprint density at radius 1 is 1.29 bits per heavy atom. The van der Waals surface area contributed by atoms with Gasteiger partial charge < -0.3 is 5.32 Å². The molecule has 1 aliphatic rings. The zero-order valence-corrected chi connectivity index (χ0v) is 9.35. The van der Waals surface area contributed by atoms with E-state index < -0.39 is 28.3 Å². The smallest absolute Gasteiger partial charge is 0.309 e. The minimum Gasteiger partial charge on any atom is -0.339 e. The van der Waals surface area contributed by atoms with Gasteiger partial charge >= 0.3 is 11.1 Å². The van der Waals surface area contributed by atoms with Crippen LogP contribution in [0.3, 0.4) is 0 Å². The van der Waals surface area contributed by atoms with Gasteiger partial charge in [-0.15, -0.1) is 0 Å². The van der Waals surface area contributed by atoms with Crippen LogP contribution in [0.4, 0.5) is 8.78 Å². The maximum atomic E-state index is 13.5. The Kier molecular flexibility index (Phi) is 2.87. The van der Waals surface area contributed by atoms with Crippen LogP contribution < -0.4 is 5.32 Å². The summed E-state index contributed by atoms with van der Waals surface area (Å²) in [5, 5.41) is 1.21. The van der Waals surface area contributed by atoms with Gasteiger partial charge in [0.1, 0.15) is 11.6 Å². The van der Waals surface area contributed by atoms with Gasteiger partial charge in [-0.1, -0.05) is 6.07 Å². The summed E-state index contributed by atoms with van der Waals surface area (Å²) in [6, 6.07) is 3.11. The molecule has 0 saturated heterocycles. The maximum absolute atomic E-state index is 13.5. The summed E-state index contributed by atoms with van der Waals surface area (Å²) in [5.74, 6) is -2.42. The fourth-order valence-corrected chi connectivity index (χ4v) is 1.78. The van der Waals surface area contributed by atoms with Crippen LogP contribution in [0.1, 0.15) is 18.4 Å².